The molecule has 0 aromatic heterocycles. The molecule has 0 bridgehead atoms. The Morgan fingerprint density at radius 1 is 1.15 bits per heavy atom. The number of nitro groups is 1. The number of ether oxygens (including phenoxy) is 2. The van der Waals surface area contributed by atoms with Crippen molar-refractivity contribution < 1.29 is 14.4 Å². The van der Waals surface area contributed by atoms with Gasteiger partial charge in [-0.25, -0.2) is 0 Å². The molecule has 0 N–H and O–H groups in total. The van der Waals surface area contributed by atoms with Crippen LogP contribution in [0.3, 0.4) is 0 Å². The highest BCUT2D eigenvalue weighted by molar-refractivity contribution is 6.32. The minimum Gasteiger partial charge on any atom is -0.497 e. The molecule has 2 rings (SSSR count). The molecule has 0 heterocycles. The molecule has 0 aliphatic rings. The number of benzene rings is 2. The van der Waals surface area contributed by atoms with E-state index in [9.17, 15) is 10.1 Å². The fourth-order valence-corrected chi connectivity index (χ4v) is 1.85. The van der Waals surface area contributed by atoms with Crippen LogP contribution in [0.25, 0.3) is 0 Å². The summed E-state index contributed by atoms with van der Waals surface area (Å²) < 4.78 is 10.6. The summed E-state index contributed by atoms with van der Waals surface area (Å²) in [6, 6.07) is 11.7. The Labute approximate surface area is 120 Å². The predicted octanol–water partition coefficient (Wildman–Crippen LogP) is 3.84. The highest BCUT2D eigenvalue weighted by atomic mass is 35.5. The summed E-state index contributed by atoms with van der Waals surface area (Å²) in [5.41, 5.74) is 0.823. The SMILES string of the molecule is COc1ccc(COc2ccc([N+](=O)[O-])c(Cl)c2)cc1. The molecule has 0 saturated carbocycles. The Hall–Kier alpha value is -2.27. The molecule has 6 heteroatoms. The van der Waals surface area contributed by atoms with Crippen LogP contribution in [-0.4, -0.2) is 12.0 Å². The number of nitro benzene ring substituents is 1. The van der Waals surface area contributed by atoms with Gasteiger partial charge >= 0.3 is 0 Å². The van der Waals surface area contributed by atoms with E-state index in [1.165, 1.54) is 18.2 Å². The normalized spacial score (nSPS) is 10.1. The van der Waals surface area contributed by atoms with E-state index < -0.39 is 4.92 Å². The van der Waals surface area contributed by atoms with Crippen LogP contribution in [0.4, 0.5) is 5.69 Å². The maximum Gasteiger partial charge on any atom is 0.288 e. The number of hydrogen-bond acceptors (Lipinski definition) is 4. The molecule has 0 saturated heterocycles. The van der Waals surface area contributed by atoms with Crippen LogP contribution < -0.4 is 9.47 Å². The van der Waals surface area contributed by atoms with Crippen molar-refractivity contribution in [2.24, 2.45) is 0 Å². The van der Waals surface area contributed by atoms with Gasteiger partial charge in [0.1, 0.15) is 23.1 Å². The van der Waals surface area contributed by atoms with Gasteiger partial charge in [-0.1, -0.05) is 23.7 Å². The molecule has 0 amide bonds. The summed E-state index contributed by atoms with van der Waals surface area (Å²) in [4.78, 5) is 10.1. The van der Waals surface area contributed by atoms with Gasteiger partial charge < -0.3 is 9.47 Å². The van der Waals surface area contributed by atoms with Crippen molar-refractivity contribution >= 4 is 17.3 Å². The lowest BCUT2D eigenvalue weighted by atomic mass is 10.2. The van der Waals surface area contributed by atoms with Crippen molar-refractivity contribution in [2.75, 3.05) is 7.11 Å². The lowest BCUT2D eigenvalue weighted by Crippen LogP contribution is -1.96. The maximum atomic E-state index is 10.6. The van der Waals surface area contributed by atoms with Crippen LogP contribution in [0.1, 0.15) is 5.56 Å². The van der Waals surface area contributed by atoms with Gasteiger partial charge in [0, 0.05) is 12.1 Å². The van der Waals surface area contributed by atoms with E-state index in [1.807, 2.05) is 24.3 Å². The number of hydrogen-bond donors (Lipinski definition) is 0. The summed E-state index contributed by atoms with van der Waals surface area (Å²) >= 11 is 5.81. The summed E-state index contributed by atoms with van der Waals surface area (Å²) in [7, 11) is 1.60. The second-order valence-corrected chi connectivity index (χ2v) is 4.41. The highest BCUT2D eigenvalue weighted by Crippen LogP contribution is 2.28. The quantitative estimate of drug-likeness (QED) is 0.621. The zero-order valence-corrected chi connectivity index (χ0v) is 11.5. The molecule has 5 nitrogen and oxygen atoms in total. The Morgan fingerprint density at radius 2 is 1.80 bits per heavy atom. The third-order valence-corrected chi connectivity index (χ3v) is 2.98. The van der Waals surface area contributed by atoms with Crippen LogP contribution in [0.5, 0.6) is 11.5 Å². The molecule has 0 aliphatic heterocycles. The van der Waals surface area contributed by atoms with E-state index >= 15 is 0 Å². The summed E-state index contributed by atoms with van der Waals surface area (Å²) in [5.74, 6) is 1.25. The molecular formula is C14H12ClNO4. The third kappa shape index (κ3) is 3.39. The standard InChI is InChI=1S/C14H12ClNO4/c1-19-11-4-2-10(3-5-11)9-20-12-6-7-14(16(17)18)13(15)8-12/h2-8H,9H2,1H3. The van der Waals surface area contributed by atoms with Crippen molar-refractivity contribution in [3.8, 4) is 11.5 Å². The predicted molar refractivity (Wildman–Crippen MR) is 75.4 cm³/mol. The molecule has 20 heavy (non-hydrogen) atoms. The molecule has 0 fully saturated rings. The Balaban J connectivity index is 2.03. The molecule has 0 radical (unpaired) electrons. The zero-order valence-electron chi connectivity index (χ0n) is 10.7. The smallest absolute Gasteiger partial charge is 0.288 e. The summed E-state index contributed by atoms with van der Waals surface area (Å²) in [5, 5.41) is 10.7. The average Bonchev–Trinajstić information content (AvgIpc) is 2.45. The van der Waals surface area contributed by atoms with Gasteiger partial charge in [0.15, 0.2) is 0 Å². The van der Waals surface area contributed by atoms with Gasteiger partial charge in [-0.15, -0.1) is 0 Å². The van der Waals surface area contributed by atoms with E-state index in [-0.39, 0.29) is 10.7 Å². The molecular weight excluding hydrogens is 282 g/mol. The monoisotopic (exact) mass is 293 g/mol. The number of nitrogens with zero attached hydrogens (tertiary/aromatic N) is 1. The van der Waals surface area contributed by atoms with E-state index in [1.54, 1.807) is 7.11 Å². The fraction of sp³-hybridized carbons (Fsp3) is 0.143. The number of rotatable bonds is 5. The molecule has 0 spiro atoms. The minimum absolute atomic E-state index is 0.0576. The van der Waals surface area contributed by atoms with Crippen molar-refractivity contribution in [2.45, 2.75) is 6.61 Å². The van der Waals surface area contributed by atoms with Crippen LogP contribution in [0, 0.1) is 10.1 Å². The molecule has 2 aromatic carbocycles. The number of halogens is 1. The van der Waals surface area contributed by atoms with Crippen LogP contribution in [-0.2, 0) is 6.61 Å². The Bertz CT molecular complexity index is 613. The zero-order chi connectivity index (χ0) is 14.5. The molecule has 0 atom stereocenters. The highest BCUT2D eigenvalue weighted by Gasteiger charge is 2.12. The van der Waals surface area contributed by atoms with Gasteiger partial charge in [0.05, 0.1) is 12.0 Å². The molecule has 2 aromatic rings. The maximum absolute atomic E-state index is 10.6. The van der Waals surface area contributed by atoms with Crippen LogP contribution >= 0.6 is 11.6 Å². The first-order valence-corrected chi connectivity index (χ1v) is 6.17. The van der Waals surface area contributed by atoms with E-state index in [4.69, 9.17) is 21.1 Å². The minimum atomic E-state index is -0.532. The van der Waals surface area contributed by atoms with Gasteiger partial charge in [-0.05, 0) is 23.8 Å². The fourth-order valence-electron chi connectivity index (χ4n) is 1.61. The number of methoxy groups -OCH3 is 1. The van der Waals surface area contributed by atoms with Gasteiger partial charge in [0.2, 0.25) is 0 Å². The average molecular weight is 294 g/mol. The topological polar surface area (TPSA) is 61.6 Å². The lowest BCUT2D eigenvalue weighted by molar-refractivity contribution is -0.384. The second-order valence-electron chi connectivity index (χ2n) is 4.01. The van der Waals surface area contributed by atoms with Gasteiger partial charge in [0.25, 0.3) is 5.69 Å². The van der Waals surface area contributed by atoms with Gasteiger partial charge in [-0.2, -0.15) is 0 Å². The summed E-state index contributed by atoms with van der Waals surface area (Å²) in [6.45, 7) is 0.345. The van der Waals surface area contributed by atoms with Crippen molar-refractivity contribution in [3.63, 3.8) is 0 Å². The van der Waals surface area contributed by atoms with Crippen LogP contribution in [0.2, 0.25) is 5.02 Å². The first-order valence-electron chi connectivity index (χ1n) is 5.80. The second kappa shape index (κ2) is 6.25. The molecule has 0 unspecified atom stereocenters. The van der Waals surface area contributed by atoms with Crippen LogP contribution in [0.15, 0.2) is 42.5 Å². The van der Waals surface area contributed by atoms with Crippen molar-refractivity contribution in [3.05, 3.63) is 63.2 Å². The lowest BCUT2D eigenvalue weighted by Gasteiger charge is -2.07. The Morgan fingerprint density at radius 3 is 2.35 bits per heavy atom. The van der Waals surface area contributed by atoms with Gasteiger partial charge in [-0.3, -0.25) is 10.1 Å². The first-order chi connectivity index (χ1) is 9.60. The molecule has 0 aliphatic carbocycles. The molecule has 104 valence electrons. The van der Waals surface area contributed by atoms with E-state index in [0.29, 0.717) is 12.4 Å². The Kier molecular flexibility index (Phi) is 4.42. The van der Waals surface area contributed by atoms with Crippen molar-refractivity contribution in [1.82, 2.24) is 0 Å². The van der Waals surface area contributed by atoms with E-state index in [2.05, 4.69) is 0 Å². The first kappa shape index (κ1) is 14.1. The third-order valence-electron chi connectivity index (χ3n) is 2.68. The van der Waals surface area contributed by atoms with E-state index in [0.717, 1.165) is 11.3 Å². The summed E-state index contributed by atoms with van der Waals surface area (Å²) in [6.07, 6.45) is 0. The largest absolute Gasteiger partial charge is 0.497 e. The van der Waals surface area contributed by atoms with Crippen molar-refractivity contribution in [1.29, 1.82) is 0 Å².